The van der Waals surface area contributed by atoms with Gasteiger partial charge in [-0.2, -0.15) is 0 Å². The number of esters is 1. The van der Waals surface area contributed by atoms with Gasteiger partial charge in [0, 0.05) is 24.8 Å². The summed E-state index contributed by atoms with van der Waals surface area (Å²) in [5, 5.41) is 2.32. The molecule has 0 unspecified atom stereocenters. The topological polar surface area (TPSA) is 61.4 Å². The first-order valence-corrected chi connectivity index (χ1v) is 8.31. The van der Waals surface area contributed by atoms with Crippen molar-refractivity contribution in [2.75, 3.05) is 26.8 Å². The summed E-state index contributed by atoms with van der Waals surface area (Å²) >= 11 is 0. The third-order valence-electron chi connectivity index (χ3n) is 4.41. The molecule has 2 rings (SSSR count). The van der Waals surface area contributed by atoms with Crippen molar-refractivity contribution in [2.45, 2.75) is 38.7 Å². The predicted octanol–water partition coefficient (Wildman–Crippen LogP) is 1.76. The van der Waals surface area contributed by atoms with E-state index in [1.165, 1.54) is 0 Å². The monoisotopic (exact) mass is 322 g/mol. The highest BCUT2D eigenvalue weighted by molar-refractivity contribution is 5.70. The lowest BCUT2D eigenvalue weighted by Crippen LogP contribution is -2.86. The van der Waals surface area contributed by atoms with Crippen molar-refractivity contribution in [3.05, 3.63) is 24.3 Å². The number of quaternary nitrogens is 1. The number of rotatable bonds is 7. The molecule has 1 saturated heterocycles. The average Bonchev–Trinajstić information content (AvgIpc) is 2.55. The van der Waals surface area contributed by atoms with Crippen molar-refractivity contribution in [1.29, 1.82) is 0 Å². The fourth-order valence-corrected chi connectivity index (χ4v) is 2.99. The molecule has 2 N–H and O–H groups in total. The molecule has 1 fully saturated rings. The quantitative estimate of drug-likeness (QED) is 0.777. The van der Waals surface area contributed by atoms with Crippen LogP contribution < -0.4 is 14.8 Å². The van der Waals surface area contributed by atoms with Crippen molar-refractivity contribution < 1.29 is 24.3 Å². The molecule has 128 valence electrons. The Hall–Kier alpha value is -1.75. The number of benzene rings is 1. The van der Waals surface area contributed by atoms with Gasteiger partial charge < -0.3 is 19.5 Å². The summed E-state index contributed by atoms with van der Waals surface area (Å²) in [4.78, 5) is 12.1. The zero-order valence-corrected chi connectivity index (χ0v) is 14.3. The highest BCUT2D eigenvalue weighted by Gasteiger charge is 2.35. The SMILES string of the molecule is COc1cccc(OCCC(=O)OC(C)(C)C2CC[NH2+]CC2)c1. The second kappa shape index (κ2) is 8.20. The van der Waals surface area contributed by atoms with Gasteiger partial charge in [-0.15, -0.1) is 0 Å². The lowest BCUT2D eigenvalue weighted by atomic mass is 9.83. The Morgan fingerprint density at radius 2 is 1.96 bits per heavy atom. The van der Waals surface area contributed by atoms with Crippen LogP contribution in [-0.4, -0.2) is 38.4 Å². The normalized spacial score (nSPS) is 16.0. The zero-order valence-electron chi connectivity index (χ0n) is 14.3. The van der Waals surface area contributed by atoms with E-state index < -0.39 is 5.60 Å². The van der Waals surface area contributed by atoms with Crippen LogP contribution in [-0.2, 0) is 9.53 Å². The summed E-state index contributed by atoms with van der Waals surface area (Å²) in [6.07, 6.45) is 2.45. The van der Waals surface area contributed by atoms with E-state index in [9.17, 15) is 4.79 Å². The minimum atomic E-state index is -0.401. The van der Waals surface area contributed by atoms with E-state index in [1.54, 1.807) is 13.2 Å². The summed E-state index contributed by atoms with van der Waals surface area (Å²) < 4.78 is 16.4. The molecule has 1 aliphatic rings. The molecule has 0 spiro atoms. The van der Waals surface area contributed by atoms with E-state index >= 15 is 0 Å². The molecule has 0 radical (unpaired) electrons. The third kappa shape index (κ3) is 5.43. The van der Waals surface area contributed by atoms with Gasteiger partial charge in [-0.1, -0.05) is 6.07 Å². The standard InChI is InChI=1S/C18H27NO4/c1-18(2,14-7-10-19-11-8-14)23-17(20)9-12-22-16-6-4-5-15(13-16)21-3/h4-6,13-14,19H,7-12H2,1-3H3/p+1. The van der Waals surface area contributed by atoms with Crippen molar-refractivity contribution in [3.8, 4) is 11.5 Å². The summed E-state index contributed by atoms with van der Waals surface area (Å²) in [5.74, 6) is 1.67. The van der Waals surface area contributed by atoms with Crippen molar-refractivity contribution >= 4 is 5.97 Å². The van der Waals surface area contributed by atoms with Gasteiger partial charge >= 0.3 is 5.97 Å². The number of methoxy groups -OCH3 is 1. The molecule has 5 heteroatoms. The van der Waals surface area contributed by atoms with Crippen molar-refractivity contribution in [1.82, 2.24) is 0 Å². The minimum Gasteiger partial charge on any atom is -0.497 e. The molecule has 0 aromatic heterocycles. The smallest absolute Gasteiger partial charge is 0.309 e. The summed E-state index contributed by atoms with van der Waals surface area (Å²) in [5.41, 5.74) is -0.401. The molecule has 0 bridgehead atoms. The van der Waals surface area contributed by atoms with Crippen LogP contribution in [0.4, 0.5) is 0 Å². The Kier molecular flexibility index (Phi) is 6.28. The zero-order chi connectivity index (χ0) is 16.7. The minimum absolute atomic E-state index is 0.201. The molecular weight excluding hydrogens is 294 g/mol. The van der Waals surface area contributed by atoms with Crippen LogP contribution in [0, 0.1) is 5.92 Å². The van der Waals surface area contributed by atoms with Crippen LogP contribution in [0.3, 0.4) is 0 Å². The second-order valence-corrected chi connectivity index (χ2v) is 6.50. The molecule has 23 heavy (non-hydrogen) atoms. The molecule has 1 aromatic carbocycles. The van der Waals surface area contributed by atoms with E-state index in [-0.39, 0.29) is 12.4 Å². The molecule has 0 saturated carbocycles. The van der Waals surface area contributed by atoms with Gasteiger partial charge in [0.2, 0.25) is 0 Å². The molecule has 5 nitrogen and oxygen atoms in total. The van der Waals surface area contributed by atoms with Gasteiger partial charge in [0.05, 0.1) is 33.2 Å². The first kappa shape index (κ1) is 17.6. The van der Waals surface area contributed by atoms with Crippen LogP contribution in [0.25, 0.3) is 0 Å². The molecular formula is C18H28NO4+. The van der Waals surface area contributed by atoms with Gasteiger partial charge in [-0.05, 0) is 26.0 Å². The van der Waals surface area contributed by atoms with E-state index in [2.05, 4.69) is 5.32 Å². The summed E-state index contributed by atoms with van der Waals surface area (Å²) in [6, 6.07) is 7.35. The maximum absolute atomic E-state index is 12.1. The van der Waals surface area contributed by atoms with Crippen molar-refractivity contribution in [3.63, 3.8) is 0 Å². The average molecular weight is 322 g/mol. The molecule has 1 aliphatic heterocycles. The lowest BCUT2D eigenvalue weighted by molar-refractivity contribution is -0.665. The Bertz CT molecular complexity index is 509. The lowest BCUT2D eigenvalue weighted by Gasteiger charge is -2.35. The fraction of sp³-hybridized carbons (Fsp3) is 0.611. The van der Waals surface area contributed by atoms with Crippen LogP contribution in [0.15, 0.2) is 24.3 Å². The molecule has 1 heterocycles. The number of ether oxygens (including phenoxy) is 3. The van der Waals surface area contributed by atoms with Gasteiger partial charge in [-0.3, -0.25) is 4.79 Å². The van der Waals surface area contributed by atoms with Crippen molar-refractivity contribution in [2.24, 2.45) is 5.92 Å². The van der Waals surface area contributed by atoms with E-state index in [4.69, 9.17) is 14.2 Å². The summed E-state index contributed by atoms with van der Waals surface area (Å²) in [7, 11) is 1.61. The van der Waals surface area contributed by atoms with Crippen LogP contribution in [0.1, 0.15) is 33.1 Å². The Balaban J connectivity index is 1.75. The number of carbonyl (C=O) groups excluding carboxylic acids is 1. The van der Waals surface area contributed by atoms with Gasteiger partial charge in [-0.25, -0.2) is 0 Å². The molecule has 0 amide bonds. The molecule has 0 aliphatic carbocycles. The number of hydrogen-bond donors (Lipinski definition) is 1. The highest BCUT2D eigenvalue weighted by atomic mass is 16.6. The van der Waals surface area contributed by atoms with Crippen LogP contribution in [0.2, 0.25) is 0 Å². The number of hydrogen-bond acceptors (Lipinski definition) is 4. The maximum atomic E-state index is 12.1. The third-order valence-corrected chi connectivity index (χ3v) is 4.41. The van der Waals surface area contributed by atoms with Crippen LogP contribution in [0.5, 0.6) is 11.5 Å². The number of nitrogens with two attached hydrogens (primary N) is 1. The van der Waals surface area contributed by atoms with E-state index in [0.29, 0.717) is 18.3 Å². The Morgan fingerprint density at radius 3 is 2.65 bits per heavy atom. The predicted molar refractivity (Wildman–Crippen MR) is 87.7 cm³/mol. The molecule has 0 atom stereocenters. The van der Waals surface area contributed by atoms with E-state index in [1.807, 2.05) is 32.0 Å². The van der Waals surface area contributed by atoms with E-state index in [0.717, 1.165) is 31.7 Å². The molecule has 1 aromatic rings. The summed E-state index contributed by atoms with van der Waals surface area (Å²) in [6.45, 7) is 6.57. The first-order valence-electron chi connectivity index (χ1n) is 8.31. The first-order chi connectivity index (χ1) is 11.0. The van der Waals surface area contributed by atoms with Gasteiger partial charge in [0.15, 0.2) is 0 Å². The van der Waals surface area contributed by atoms with Gasteiger partial charge in [0.25, 0.3) is 0 Å². The highest BCUT2D eigenvalue weighted by Crippen LogP contribution is 2.28. The number of piperidine rings is 1. The van der Waals surface area contributed by atoms with Crippen LogP contribution >= 0.6 is 0 Å². The Labute approximate surface area is 138 Å². The largest absolute Gasteiger partial charge is 0.497 e. The fourth-order valence-electron chi connectivity index (χ4n) is 2.99. The number of carbonyl (C=O) groups is 1. The maximum Gasteiger partial charge on any atom is 0.309 e. The van der Waals surface area contributed by atoms with Gasteiger partial charge in [0.1, 0.15) is 17.1 Å². The second-order valence-electron chi connectivity index (χ2n) is 6.50. The Morgan fingerprint density at radius 1 is 1.26 bits per heavy atom.